The highest BCUT2D eigenvalue weighted by Crippen LogP contribution is 2.36. The minimum atomic E-state index is 0.209. The monoisotopic (exact) mass is 455 g/mol. The van der Waals surface area contributed by atoms with E-state index in [4.69, 9.17) is 0 Å². The van der Waals surface area contributed by atoms with E-state index < -0.39 is 0 Å². The lowest BCUT2D eigenvalue weighted by molar-refractivity contribution is 0.0588. The van der Waals surface area contributed by atoms with Gasteiger partial charge in [-0.3, -0.25) is 9.69 Å². The number of rotatable bonds is 7. The fourth-order valence-electron chi connectivity index (χ4n) is 6.03. The van der Waals surface area contributed by atoms with Gasteiger partial charge < -0.3 is 9.47 Å². The van der Waals surface area contributed by atoms with Crippen molar-refractivity contribution in [1.82, 2.24) is 14.4 Å². The second kappa shape index (κ2) is 10.6. The molecule has 4 heteroatoms. The van der Waals surface area contributed by atoms with E-state index in [2.05, 4.69) is 70.1 Å². The van der Waals surface area contributed by atoms with Crippen LogP contribution < -0.4 is 0 Å². The first-order chi connectivity index (χ1) is 16.7. The average Bonchev–Trinajstić information content (AvgIpc) is 3.49. The highest BCUT2D eigenvalue weighted by atomic mass is 16.2. The summed E-state index contributed by atoms with van der Waals surface area (Å²) in [6.07, 6.45) is 8.15. The average molecular weight is 456 g/mol. The molecule has 1 amide bonds. The van der Waals surface area contributed by atoms with Gasteiger partial charge in [-0.05, 0) is 48.6 Å². The van der Waals surface area contributed by atoms with Gasteiger partial charge in [0.25, 0.3) is 5.91 Å². The van der Waals surface area contributed by atoms with Gasteiger partial charge in [-0.1, -0.05) is 67.8 Å². The Hall–Kier alpha value is -2.85. The number of hydrogen-bond acceptors (Lipinski definition) is 2. The van der Waals surface area contributed by atoms with Crippen LogP contribution in [-0.2, 0) is 13.6 Å². The molecule has 2 fully saturated rings. The Morgan fingerprint density at radius 1 is 0.882 bits per heavy atom. The summed E-state index contributed by atoms with van der Waals surface area (Å²) < 4.78 is 2.22. The van der Waals surface area contributed by atoms with Crippen LogP contribution >= 0.6 is 0 Å². The van der Waals surface area contributed by atoms with Crippen LogP contribution in [0.1, 0.15) is 59.6 Å². The first kappa shape index (κ1) is 22.9. The van der Waals surface area contributed by atoms with Gasteiger partial charge in [0.1, 0.15) is 0 Å². The number of carbonyl (C=O) groups excluding carboxylic acids is 1. The lowest BCUT2D eigenvalue weighted by Crippen LogP contribution is -2.45. The van der Waals surface area contributed by atoms with Gasteiger partial charge in [0.2, 0.25) is 0 Å². The molecule has 34 heavy (non-hydrogen) atoms. The first-order valence-electron chi connectivity index (χ1n) is 12.9. The molecule has 0 bridgehead atoms. The second-order valence-electron chi connectivity index (χ2n) is 10.2. The Morgan fingerprint density at radius 2 is 1.59 bits per heavy atom. The maximum atomic E-state index is 13.8. The van der Waals surface area contributed by atoms with Crippen LogP contribution in [-0.4, -0.2) is 46.0 Å². The summed E-state index contributed by atoms with van der Waals surface area (Å²) in [6.45, 7) is 3.86. The number of aryl methyl sites for hydroxylation is 1. The number of benzene rings is 2. The van der Waals surface area contributed by atoms with E-state index in [0.29, 0.717) is 17.9 Å². The molecule has 0 radical (unpaired) electrons. The van der Waals surface area contributed by atoms with E-state index >= 15 is 0 Å². The quantitative estimate of drug-likeness (QED) is 0.456. The predicted molar refractivity (Wildman–Crippen MR) is 138 cm³/mol. The number of nitrogens with zero attached hydrogens (tertiary/aromatic N) is 3. The van der Waals surface area contributed by atoms with Crippen molar-refractivity contribution in [3.63, 3.8) is 0 Å². The SMILES string of the molecule is Cn1cccc1CN1C[C@H](CN(C(=O)c2ccccc2)C2CCCCC2)[C@@H](c2ccccc2)C1. The molecule has 1 aliphatic heterocycles. The summed E-state index contributed by atoms with van der Waals surface area (Å²) in [5.41, 5.74) is 3.57. The summed E-state index contributed by atoms with van der Waals surface area (Å²) in [7, 11) is 2.13. The van der Waals surface area contributed by atoms with Crippen molar-refractivity contribution >= 4 is 5.91 Å². The molecule has 1 aliphatic carbocycles. The Balaban J connectivity index is 1.41. The van der Waals surface area contributed by atoms with Gasteiger partial charge >= 0.3 is 0 Å². The highest BCUT2D eigenvalue weighted by molar-refractivity contribution is 5.94. The van der Waals surface area contributed by atoms with Gasteiger partial charge in [-0.25, -0.2) is 0 Å². The van der Waals surface area contributed by atoms with Crippen molar-refractivity contribution in [2.24, 2.45) is 13.0 Å². The van der Waals surface area contributed by atoms with Crippen LogP contribution in [0, 0.1) is 5.92 Å². The van der Waals surface area contributed by atoms with Crippen LogP contribution in [0.25, 0.3) is 0 Å². The molecule has 2 aliphatic rings. The van der Waals surface area contributed by atoms with E-state index in [1.165, 1.54) is 30.5 Å². The van der Waals surface area contributed by atoms with Gasteiger partial charge in [-0.2, -0.15) is 0 Å². The van der Waals surface area contributed by atoms with Crippen LogP contribution in [0.4, 0.5) is 0 Å². The molecule has 178 valence electrons. The van der Waals surface area contributed by atoms with Crippen molar-refractivity contribution in [3.8, 4) is 0 Å². The zero-order valence-corrected chi connectivity index (χ0v) is 20.4. The van der Waals surface area contributed by atoms with E-state index in [1.54, 1.807) is 0 Å². The van der Waals surface area contributed by atoms with Gasteiger partial charge in [0.05, 0.1) is 0 Å². The molecule has 3 aromatic rings. The Labute approximate surface area is 204 Å². The van der Waals surface area contributed by atoms with Gasteiger partial charge in [-0.15, -0.1) is 0 Å². The number of likely N-dealkylation sites (tertiary alicyclic amines) is 1. The number of amides is 1. The van der Waals surface area contributed by atoms with Gasteiger partial charge in [0.15, 0.2) is 0 Å². The van der Waals surface area contributed by atoms with Crippen molar-refractivity contribution in [2.45, 2.75) is 50.6 Å². The molecule has 0 unspecified atom stereocenters. The summed E-state index contributed by atoms with van der Waals surface area (Å²) in [4.78, 5) is 18.6. The van der Waals surface area contributed by atoms with Crippen LogP contribution in [0.15, 0.2) is 79.0 Å². The van der Waals surface area contributed by atoms with Crippen molar-refractivity contribution in [3.05, 3.63) is 95.8 Å². The molecule has 1 aromatic heterocycles. The molecule has 2 aromatic carbocycles. The number of carbonyl (C=O) groups is 1. The third kappa shape index (κ3) is 5.12. The zero-order chi connectivity index (χ0) is 23.3. The minimum Gasteiger partial charge on any atom is -0.353 e. The number of hydrogen-bond donors (Lipinski definition) is 0. The highest BCUT2D eigenvalue weighted by Gasteiger charge is 2.38. The maximum Gasteiger partial charge on any atom is 0.254 e. The van der Waals surface area contributed by atoms with E-state index in [1.807, 2.05) is 30.3 Å². The first-order valence-corrected chi connectivity index (χ1v) is 12.9. The number of aromatic nitrogens is 1. The fraction of sp³-hybridized carbons (Fsp3) is 0.433. The predicted octanol–water partition coefficient (Wildman–Crippen LogP) is 5.72. The van der Waals surface area contributed by atoms with Crippen molar-refractivity contribution in [1.29, 1.82) is 0 Å². The molecular weight excluding hydrogens is 418 g/mol. The summed E-state index contributed by atoms with van der Waals surface area (Å²) >= 11 is 0. The standard InChI is InChI=1S/C30H37N3O/c1-31-19-11-18-28(31)22-32-20-26(29(23-32)24-12-5-2-6-13-24)21-33(27-16-9-4-10-17-27)30(34)25-14-7-3-8-15-25/h2-3,5-8,11-15,18-19,26-27,29H,4,9-10,16-17,20-23H2,1H3/t26-,29-/m1/s1. The Morgan fingerprint density at radius 3 is 2.26 bits per heavy atom. The lowest BCUT2D eigenvalue weighted by Gasteiger charge is -2.37. The summed E-state index contributed by atoms with van der Waals surface area (Å²) in [5.74, 6) is 1.08. The second-order valence-corrected chi connectivity index (χ2v) is 10.2. The molecule has 2 atom stereocenters. The van der Waals surface area contributed by atoms with E-state index in [-0.39, 0.29) is 5.91 Å². The molecule has 1 saturated heterocycles. The Kier molecular flexibility index (Phi) is 7.15. The zero-order valence-electron chi connectivity index (χ0n) is 20.4. The molecule has 5 rings (SSSR count). The topological polar surface area (TPSA) is 28.5 Å². The van der Waals surface area contributed by atoms with Crippen molar-refractivity contribution < 1.29 is 4.79 Å². The van der Waals surface area contributed by atoms with Gasteiger partial charge in [0, 0.05) is 62.6 Å². The van der Waals surface area contributed by atoms with Crippen LogP contribution in [0.5, 0.6) is 0 Å². The minimum absolute atomic E-state index is 0.209. The van der Waals surface area contributed by atoms with E-state index in [0.717, 1.165) is 44.6 Å². The molecule has 0 N–H and O–H groups in total. The fourth-order valence-corrected chi connectivity index (χ4v) is 6.03. The smallest absolute Gasteiger partial charge is 0.254 e. The van der Waals surface area contributed by atoms with Crippen LogP contribution in [0.3, 0.4) is 0 Å². The molecule has 2 heterocycles. The maximum absolute atomic E-state index is 13.8. The molecular formula is C30H37N3O. The third-order valence-corrected chi connectivity index (χ3v) is 7.91. The summed E-state index contributed by atoms with van der Waals surface area (Å²) in [6, 6.07) is 25.6. The molecule has 4 nitrogen and oxygen atoms in total. The van der Waals surface area contributed by atoms with Crippen LogP contribution in [0.2, 0.25) is 0 Å². The molecule has 1 saturated carbocycles. The van der Waals surface area contributed by atoms with Crippen molar-refractivity contribution in [2.75, 3.05) is 19.6 Å². The van der Waals surface area contributed by atoms with E-state index in [9.17, 15) is 4.79 Å². The normalized spacial score (nSPS) is 21.6. The Bertz CT molecular complexity index is 1050. The lowest BCUT2D eigenvalue weighted by atomic mass is 9.87. The summed E-state index contributed by atoms with van der Waals surface area (Å²) in [5, 5.41) is 0. The molecule has 0 spiro atoms. The third-order valence-electron chi connectivity index (χ3n) is 7.91. The largest absolute Gasteiger partial charge is 0.353 e.